The number of fused-ring (bicyclic) bond motifs is 1. The fourth-order valence-corrected chi connectivity index (χ4v) is 4.42. The zero-order chi connectivity index (χ0) is 21.2. The second-order valence-electron chi connectivity index (χ2n) is 8.07. The standard InChI is InChI=1S/C26H24F2N2O/c27-22-9-5-19(6-10-22)26(20-7-11-23(28)12-8-20)30-15-13-29(14-16-30)18-24-17-21-3-1-2-4-25(21)31-24/h1-12,17,26H,13-16,18H2. The molecular weight excluding hydrogens is 394 g/mol. The highest BCUT2D eigenvalue weighted by molar-refractivity contribution is 5.77. The Morgan fingerprint density at radius 2 is 1.32 bits per heavy atom. The molecule has 3 aromatic carbocycles. The summed E-state index contributed by atoms with van der Waals surface area (Å²) in [6, 6.07) is 23.4. The van der Waals surface area contributed by atoms with Crippen LogP contribution in [0.2, 0.25) is 0 Å². The molecule has 5 rings (SSSR count). The van der Waals surface area contributed by atoms with E-state index in [2.05, 4.69) is 21.9 Å². The molecule has 5 heteroatoms. The number of benzene rings is 3. The van der Waals surface area contributed by atoms with Crippen LogP contribution in [0.1, 0.15) is 22.9 Å². The molecule has 3 nitrogen and oxygen atoms in total. The van der Waals surface area contributed by atoms with Crippen molar-refractivity contribution in [1.29, 1.82) is 0 Å². The topological polar surface area (TPSA) is 19.6 Å². The largest absolute Gasteiger partial charge is 0.460 e. The summed E-state index contributed by atoms with van der Waals surface area (Å²) in [6.45, 7) is 4.30. The number of nitrogens with zero attached hydrogens (tertiary/aromatic N) is 2. The fraction of sp³-hybridized carbons (Fsp3) is 0.231. The first kappa shape index (κ1) is 19.9. The summed E-state index contributed by atoms with van der Waals surface area (Å²) in [4.78, 5) is 4.77. The van der Waals surface area contributed by atoms with Crippen molar-refractivity contribution in [2.75, 3.05) is 26.2 Å². The van der Waals surface area contributed by atoms with Crippen molar-refractivity contribution in [2.24, 2.45) is 0 Å². The molecule has 4 aromatic rings. The van der Waals surface area contributed by atoms with E-state index in [4.69, 9.17) is 4.42 Å². The number of furan rings is 1. The van der Waals surface area contributed by atoms with Gasteiger partial charge in [0.2, 0.25) is 0 Å². The Bertz CT molecular complexity index is 1070. The maximum Gasteiger partial charge on any atom is 0.134 e. The molecule has 1 fully saturated rings. The average Bonchev–Trinajstić information content (AvgIpc) is 3.20. The fourth-order valence-electron chi connectivity index (χ4n) is 4.42. The van der Waals surface area contributed by atoms with E-state index in [1.165, 1.54) is 24.3 Å². The highest BCUT2D eigenvalue weighted by Gasteiger charge is 2.27. The van der Waals surface area contributed by atoms with Crippen LogP contribution in [0.15, 0.2) is 83.3 Å². The van der Waals surface area contributed by atoms with E-state index in [1.807, 2.05) is 42.5 Å². The Kier molecular flexibility index (Phi) is 5.53. The average molecular weight is 418 g/mol. The molecule has 0 N–H and O–H groups in total. The first-order valence-electron chi connectivity index (χ1n) is 10.6. The Morgan fingerprint density at radius 3 is 1.90 bits per heavy atom. The minimum absolute atomic E-state index is 0.0328. The molecule has 0 aliphatic carbocycles. The van der Waals surface area contributed by atoms with E-state index in [0.29, 0.717) is 0 Å². The summed E-state index contributed by atoms with van der Waals surface area (Å²) in [5, 5.41) is 1.13. The molecule has 0 radical (unpaired) electrons. The predicted octanol–water partition coefficient (Wildman–Crippen LogP) is 5.62. The highest BCUT2D eigenvalue weighted by Crippen LogP contribution is 2.30. The summed E-state index contributed by atoms with van der Waals surface area (Å²) in [7, 11) is 0. The van der Waals surface area contributed by atoms with Crippen molar-refractivity contribution in [2.45, 2.75) is 12.6 Å². The second-order valence-corrected chi connectivity index (χ2v) is 8.07. The molecule has 0 unspecified atom stereocenters. The van der Waals surface area contributed by atoms with Crippen molar-refractivity contribution in [3.63, 3.8) is 0 Å². The molecule has 1 aromatic heterocycles. The third-order valence-electron chi connectivity index (χ3n) is 6.00. The van der Waals surface area contributed by atoms with Crippen LogP contribution in [0, 0.1) is 11.6 Å². The Balaban J connectivity index is 1.32. The zero-order valence-corrected chi connectivity index (χ0v) is 17.2. The van der Waals surface area contributed by atoms with Gasteiger partial charge in [-0.1, -0.05) is 42.5 Å². The Morgan fingerprint density at radius 1 is 0.742 bits per heavy atom. The van der Waals surface area contributed by atoms with Gasteiger partial charge < -0.3 is 4.42 Å². The van der Waals surface area contributed by atoms with Crippen LogP contribution in [0.4, 0.5) is 8.78 Å². The van der Waals surface area contributed by atoms with E-state index in [0.717, 1.165) is 60.6 Å². The van der Waals surface area contributed by atoms with Gasteiger partial charge in [0, 0.05) is 31.6 Å². The Hall–Kier alpha value is -3.02. The normalized spacial score (nSPS) is 15.7. The monoisotopic (exact) mass is 418 g/mol. The molecular formula is C26H24F2N2O. The molecule has 0 bridgehead atoms. The summed E-state index contributed by atoms with van der Waals surface area (Å²) < 4.78 is 33.0. The maximum absolute atomic E-state index is 13.5. The van der Waals surface area contributed by atoms with Gasteiger partial charge in [0.15, 0.2) is 0 Å². The van der Waals surface area contributed by atoms with E-state index in [9.17, 15) is 8.78 Å². The van der Waals surface area contributed by atoms with E-state index >= 15 is 0 Å². The van der Waals surface area contributed by atoms with Crippen LogP contribution in [0.25, 0.3) is 11.0 Å². The summed E-state index contributed by atoms with van der Waals surface area (Å²) >= 11 is 0. The van der Waals surface area contributed by atoms with Gasteiger partial charge >= 0.3 is 0 Å². The van der Waals surface area contributed by atoms with Gasteiger partial charge in [-0.05, 0) is 47.5 Å². The van der Waals surface area contributed by atoms with Crippen LogP contribution in [0.5, 0.6) is 0 Å². The smallest absolute Gasteiger partial charge is 0.134 e. The third-order valence-corrected chi connectivity index (χ3v) is 6.00. The van der Waals surface area contributed by atoms with Gasteiger partial charge in [0.1, 0.15) is 23.0 Å². The lowest BCUT2D eigenvalue weighted by Crippen LogP contribution is -2.47. The molecule has 2 heterocycles. The lowest BCUT2D eigenvalue weighted by atomic mass is 9.96. The van der Waals surface area contributed by atoms with Gasteiger partial charge in [0.05, 0.1) is 12.6 Å². The molecule has 0 amide bonds. The maximum atomic E-state index is 13.5. The van der Waals surface area contributed by atoms with Crippen LogP contribution in [-0.2, 0) is 6.54 Å². The first-order chi connectivity index (χ1) is 15.2. The molecule has 0 atom stereocenters. The van der Waals surface area contributed by atoms with Crippen molar-refractivity contribution in [1.82, 2.24) is 9.80 Å². The lowest BCUT2D eigenvalue weighted by molar-refractivity contribution is 0.100. The van der Waals surface area contributed by atoms with Gasteiger partial charge in [-0.25, -0.2) is 8.78 Å². The summed E-state index contributed by atoms with van der Waals surface area (Å²) in [5.74, 6) is 0.470. The van der Waals surface area contributed by atoms with E-state index in [-0.39, 0.29) is 17.7 Å². The zero-order valence-electron chi connectivity index (χ0n) is 17.2. The van der Waals surface area contributed by atoms with Gasteiger partial charge in [-0.2, -0.15) is 0 Å². The third kappa shape index (κ3) is 4.38. The van der Waals surface area contributed by atoms with E-state index < -0.39 is 0 Å². The minimum atomic E-state index is -0.253. The van der Waals surface area contributed by atoms with Crippen LogP contribution >= 0.6 is 0 Å². The first-order valence-corrected chi connectivity index (χ1v) is 10.6. The molecule has 1 aliphatic heterocycles. The van der Waals surface area contributed by atoms with Crippen molar-refractivity contribution in [3.8, 4) is 0 Å². The summed E-state index contributed by atoms with van der Waals surface area (Å²) in [6.07, 6.45) is 0. The van der Waals surface area contributed by atoms with Gasteiger partial charge in [-0.3, -0.25) is 9.80 Å². The molecule has 0 spiro atoms. The number of halogens is 2. The second kappa shape index (κ2) is 8.61. The minimum Gasteiger partial charge on any atom is -0.460 e. The molecule has 1 saturated heterocycles. The molecule has 31 heavy (non-hydrogen) atoms. The van der Waals surface area contributed by atoms with Crippen LogP contribution in [0.3, 0.4) is 0 Å². The number of hydrogen-bond donors (Lipinski definition) is 0. The molecule has 0 saturated carbocycles. The lowest BCUT2D eigenvalue weighted by Gasteiger charge is -2.39. The number of rotatable bonds is 5. The SMILES string of the molecule is Fc1ccc(C(c2ccc(F)cc2)N2CCN(Cc3cc4ccccc4o3)CC2)cc1. The molecule has 1 aliphatic rings. The van der Waals surface area contributed by atoms with Crippen molar-refractivity contribution in [3.05, 3.63) is 107 Å². The highest BCUT2D eigenvalue weighted by atomic mass is 19.1. The quantitative estimate of drug-likeness (QED) is 0.420. The van der Waals surface area contributed by atoms with Crippen molar-refractivity contribution >= 4 is 11.0 Å². The summed E-state index contributed by atoms with van der Waals surface area (Å²) in [5.41, 5.74) is 2.95. The van der Waals surface area contributed by atoms with Crippen molar-refractivity contribution < 1.29 is 13.2 Å². The van der Waals surface area contributed by atoms with E-state index in [1.54, 1.807) is 0 Å². The number of hydrogen-bond acceptors (Lipinski definition) is 3. The number of piperazine rings is 1. The number of para-hydroxylation sites is 1. The van der Waals surface area contributed by atoms with Crippen LogP contribution in [-0.4, -0.2) is 36.0 Å². The van der Waals surface area contributed by atoms with Crippen LogP contribution < -0.4 is 0 Å². The predicted molar refractivity (Wildman–Crippen MR) is 118 cm³/mol. The van der Waals surface area contributed by atoms with Gasteiger partial charge in [0.25, 0.3) is 0 Å². The Labute approximate surface area is 180 Å². The molecule has 158 valence electrons. The van der Waals surface area contributed by atoms with Gasteiger partial charge in [-0.15, -0.1) is 0 Å².